The minimum absolute atomic E-state index is 0.116. The summed E-state index contributed by atoms with van der Waals surface area (Å²) in [4.78, 5) is 16.8. The number of methoxy groups -OCH3 is 1. The second-order valence-electron chi connectivity index (χ2n) is 6.89. The molecular weight excluding hydrogens is 352 g/mol. The van der Waals surface area contributed by atoms with Gasteiger partial charge in [-0.1, -0.05) is 11.6 Å². The van der Waals surface area contributed by atoms with Crippen LogP contribution in [-0.2, 0) is 17.9 Å². The van der Waals surface area contributed by atoms with Crippen LogP contribution in [0.5, 0.6) is 5.75 Å². The molecule has 1 amide bonds. The lowest BCUT2D eigenvalue weighted by atomic mass is 10.2. The molecule has 0 bridgehead atoms. The van der Waals surface area contributed by atoms with Gasteiger partial charge in [0.2, 0.25) is 5.91 Å². The second kappa shape index (κ2) is 8.14. The Morgan fingerprint density at radius 1 is 1.27 bits per heavy atom. The monoisotopic (exact) mass is 376 g/mol. The van der Waals surface area contributed by atoms with Crippen LogP contribution in [0.2, 0.25) is 5.02 Å². The molecule has 6 heteroatoms. The van der Waals surface area contributed by atoms with Crippen LogP contribution in [-0.4, -0.2) is 42.5 Å². The number of benzene rings is 1. The Morgan fingerprint density at radius 2 is 2.04 bits per heavy atom. The SMILES string of the molecule is COc1ccc(Cl)cc1CN(C)CC(=O)N(Cc1ccc(C)o1)C1CC1. The van der Waals surface area contributed by atoms with E-state index in [1.165, 1.54) is 0 Å². The third kappa shape index (κ3) is 4.80. The van der Waals surface area contributed by atoms with E-state index in [9.17, 15) is 4.79 Å². The highest BCUT2D eigenvalue weighted by Crippen LogP contribution is 2.29. The lowest BCUT2D eigenvalue weighted by Crippen LogP contribution is -2.39. The first-order valence-electron chi connectivity index (χ1n) is 8.82. The van der Waals surface area contributed by atoms with Gasteiger partial charge in [0, 0.05) is 23.2 Å². The molecule has 2 aromatic rings. The van der Waals surface area contributed by atoms with Crippen molar-refractivity contribution in [3.8, 4) is 5.75 Å². The predicted octanol–water partition coefficient (Wildman–Crippen LogP) is 3.87. The number of nitrogens with zero attached hydrogens (tertiary/aromatic N) is 2. The Balaban J connectivity index is 1.63. The predicted molar refractivity (Wildman–Crippen MR) is 101 cm³/mol. The van der Waals surface area contributed by atoms with E-state index in [0.717, 1.165) is 35.7 Å². The molecule has 140 valence electrons. The Morgan fingerprint density at radius 3 is 2.65 bits per heavy atom. The van der Waals surface area contributed by atoms with Crippen LogP contribution < -0.4 is 4.74 Å². The van der Waals surface area contributed by atoms with Crippen molar-refractivity contribution in [2.24, 2.45) is 0 Å². The molecule has 1 saturated carbocycles. The van der Waals surface area contributed by atoms with E-state index >= 15 is 0 Å². The number of hydrogen-bond donors (Lipinski definition) is 0. The fourth-order valence-corrected chi connectivity index (χ4v) is 3.28. The van der Waals surface area contributed by atoms with E-state index in [1.807, 2.05) is 48.0 Å². The molecule has 1 aromatic heterocycles. The fourth-order valence-electron chi connectivity index (χ4n) is 3.08. The minimum Gasteiger partial charge on any atom is -0.496 e. The molecule has 26 heavy (non-hydrogen) atoms. The summed E-state index contributed by atoms with van der Waals surface area (Å²) in [7, 11) is 3.57. The lowest BCUT2D eigenvalue weighted by Gasteiger charge is -2.25. The van der Waals surface area contributed by atoms with Crippen LogP contribution >= 0.6 is 11.6 Å². The first-order chi connectivity index (χ1) is 12.5. The number of halogens is 1. The van der Waals surface area contributed by atoms with Crippen LogP contribution in [0.15, 0.2) is 34.7 Å². The van der Waals surface area contributed by atoms with Crippen LogP contribution in [0, 0.1) is 6.92 Å². The molecule has 1 aromatic carbocycles. The third-order valence-electron chi connectivity index (χ3n) is 4.52. The molecule has 3 rings (SSSR count). The standard InChI is InChI=1S/C20H25ClN2O3/c1-14-4-8-18(26-14)12-23(17-6-7-17)20(24)13-22(2)11-15-10-16(21)5-9-19(15)25-3/h4-5,8-10,17H,6-7,11-13H2,1-3H3. The number of furan rings is 1. The molecule has 0 saturated heterocycles. The first kappa shape index (κ1) is 18.8. The number of carbonyl (C=O) groups is 1. The summed E-state index contributed by atoms with van der Waals surface area (Å²) in [5, 5.41) is 0.660. The average molecular weight is 377 g/mol. The van der Waals surface area contributed by atoms with Crippen molar-refractivity contribution in [1.29, 1.82) is 0 Å². The number of rotatable bonds is 8. The smallest absolute Gasteiger partial charge is 0.237 e. The van der Waals surface area contributed by atoms with Gasteiger partial charge >= 0.3 is 0 Å². The van der Waals surface area contributed by atoms with Gasteiger partial charge < -0.3 is 14.1 Å². The van der Waals surface area contributed by atoms with Crippen LogP contribution in [0.25, 0.3) is 0 Å². The number of hydrogen-bond acceptors (Lipinski definition) is 4. The summed E-state index contributed by atoms with van der Waals surface area (Å²) in [5.41, 5.74) is 0.968. The van der Waals surface area contributed by atoms with E-state index in [0.29, 0.717) is 30.7 Å². The molecule has 1 fully saturated rings. The molecule has 0 unspecified atom stereocenters. The summed E-state index contributed by atoms with van der Waals surface area (Å²) < 4.78 is 11.0. The van der Waals surface area contributed by atoms with E-state index in [4.69, 9.17) is 20.8 Å². The summed E-state index contributed by atoms with van der Waals surface area (Å²) in [6, 6.07) is 9.74. The van der Waals surface area contributed by atoms with E-state index in [1.54, 1.807) is 13.2 Å². The van der Waals surface area contributed by atoms with Gasteiger partial charge in [-0.05, 0) is 57.1 Å². The third-order valence-corrected chi connectivity index (χ3v) is 4.75. The largest absolute Gasteiger partial charge is 0.496 e. The highest BCUT2D eigenvalue weighted by molar-refractivity contribution is 6.30. The van der Waals surface area contributed by atoms with Crippen molar-refractivity contribution in [3.05, 3.63) is 52.4 Å². The summed E-state index contributed by atoms with van der Waals surface area (Å²) in [6.07, 6.45) is 2.13. The van der Waals surface area contributed by atoms with Gasteiger partial charge in [-0.2, -0.15) is 0 Å². The van der Waals surface area contributed by atoms with Gasteiger partial charge in [0.25, 0.3) is 0 Å². The van der Waals surface area contributed by atoms with Crippen molar-refractivity contribution in [3.63, 3.8) is 0 Å². The molecule has 0 atom stereocenters. The Labute approximate surface area is 159 Å². The zero-order chi connectivity index (χ0) is 18.7. The summed E-state index contributed by atoms with van der Waals surface area (Å²) in [5.74, 6) is 2.60. The van der Waals surface area contributed by atoms with Crippen molar-refractivity contribution in [1.82, 2.24) is 9.80 Å². The molecule has 0 spiro atoms. The molecule has 0 aliphatic heterocycles. The zero-order valence-corrected chi connectivity index (χ0v) is 16.3. The Kier molecular flexibility index (Phi) is 5.89. The number of amides is 1. The fraction of sp³-hybridized carbons (Fsp3) is 0.450. The van der Waals surface area contributed by atoms with Gasteiger partial charge in [-0.15, -0.1) is 0 Å². The van der Waals surface area contributed by atoms with Crippen LogP contribution in [0.4, 0.5) is 0 Å². The molecular formula is C20H25ClN2O3. The number of aryl methyl sites for hydroxylation is 1. The van der Waals surface area contributed by atoms with Crippen LogP contribution in [0.3, 0.4) is 0 Å². The van der Waals surface area contributed by atoms with E-state index in [2.05, 4.69) is 0 Å². The maximum atomic E-state index is 12.8. The van der Waals surface area contributed by atoms with Gasteiger partial charge in [-0.3, -0.25) is 9.69 Å². The Bertz CT molecular complexity index is 770. The Hall–Kier alpha value is -1.98. The normalized spacial score (nSPS) is 13.9. The van der Waals surface area contributed by atoms with Gasteiger partial charge in [0.05, 0.1) is 20.2 Å². The zero-order valence-electron chi connectivity index (χ0n) is 15.5. The molecule has 5 nitrogen and oxygen atoms in total. The van der Waals surface area contributed by atoms with Crippen molar-refractivity contribution in [2.45, 2.75) is 38.9 Å². The first-order valence-corrected chi connectivity index (χ1v) is 9.20. The number of carbonyl (C=O) groups excluding carboxylic acids is 1. The minimum atomic E-state index is 0.116. The maximum absolute atomic E-state index is 12.8. The lowest BCUT2D eigenvalue weighted by molar-refractivity contribution is -0.133. The molecule has 1 aliphatic carbocycles. The maximum Gasteiger partial charge on any atom is 0.237 e. The second-order valence-corrected chi connectivity index (χ2v) is 7.33. The number of likely N-dealkylation sites (N-methyl/N-ethyl adjacent to an activating group) is 1. The molecule has 1 heterocycles. The molecule has 0 N–H and O–H groups in total. The van der Waals surface area contributed by atoms with E-state index < -0.39 is 0 Å². The van der Waals surface area contributed by atoms with Gasteiger partial charge in [0.15, 0.2) is 0 Å². The van der Waals surface area contributed by atoms with E-state index in [-0.39, 0.29) is 5.91 Å². The molecule has 1 aliphatic rings. The number of ether oxygens (including phenoxy) is 1. The van der Waals surface area contributed by atoms with Crippen molar-refractivity contribution in [2.75, 3.05) is 20.7 Å². The van der Waals surface area contributed by atoms with Crippen LogP contribution in [0.1, 0.15) is 29.9 Å². The highest BCUT2D eigenvalue weighted by Gasteiger charge is 2.33. The topological polar surface area (TPSA) is 45.9 Å². The van der Waals surface area contributed by atoms with Crippen molar-refractivity contribution >= 4 is 17.5 Å². The summed E-state index contributed by atoms with van der Waals surface area (Å²) in [6.45, 7) is 3.38. The van der Waals surface area contributed by atoms with Gasteiger partial charge in [-0.25, -0.2) is 0 Å². The van der Waals surface area contributed by atoms with Gasteiger partial charge in [0.1, 0.15) is 17.3 Å². The summed E-state index contributed by atoms with van der Waals surface area (Å²) >= 11 is 6.10. The average Bonchev–Trinajstić information content (AvgIpc) is 3.34. The highest BCUT2D eigenvalue weighted by atomic mass is 35.5. The van der Waals surface area contributed by atoms with Crippen molar-refractivity contribution < 1.29 is 13.9 Å². The molecule has 0 radical (unpaired) electrons. The quantitative estimate of drug-likeness (QED) is 0.701.